The van der Waals surface area contributed by atoms with Crippen LogP contribution in [0, 0.1) is 5.92 Å². The summed E-state index contributed by atoms with van der Waals surface area (Å²) in [5.41, 5.74) is 0.805. The van der Waals surface area contributed by atoms with Gasteiger partial charge in [0.2, 0.25) is 20.0 Å². The highest BCUT2D eigenvalue weighted by Gasteiger charge is 2.19. The van der Waals surface area contributed by atoms with Crippen LogP contribution in [-0.4, -0.2) is 47.5 Å². The molecule has 0 aromatic heterocycles. The van der Waals surface area contributed by atoms with E-state index in [0.29, 0.717) is 18.9 Å². The standard InChI is InChI=1S/C16H26N2O4S2/c1-18(2)24(21,22)16-9-7-14(8-10-16)11-12-23(19,20)17-13-15-5-3-4-6-15/h7-10,15,17H,3-6,11-13H2,1-2H3. The Bertz CT molecular complexity index is 735. The molecule has 0 radical (unpaired) electrons. The third-order valence-electron chi connectivity index (χ3n) is 4.43. The van der Waals surface area contributed by atoms with Gasteiger partial charge < -0.3 is 0 Å². The van der Waals surface area contributed by atoms with Gasteiger partial charge in [-0.25, -0.2) is 25.9 Å². The third-order valence-corrected chi connectivity index (χ3v) is 7.61. The van der Waals surface area contributed by atoms with Crippen LogP contribution >= 0.6 is 0 Å². The lowest BCUT2D eigenvalue weighted by Crippen LogP contribution is -2.31. The van der Waals surface area contributed by atoms with Crippen molar-refractivity contribution in [2.75, 3.05) is 26.4 Å². The number of rotatable bonds is 8. The molecule has 136 valence electrons. The molecule has 24 heavy (non-hydrogen) atoms. The van der Waals surface area contributed by atoms with E-state index >= 15 is 0 Å². The minimum atomic E-state index is -3.45. The van der Waals surface area contributed by atoms with Crippen molar-refractivity contribution >= 4 is 20.0 Å². The van der Waals surface area contributed by atoms with Crippen LogP contribution in [0.3, 0.4) is 0 Å². The highest BCUT2D eigenvalue weighted by molar-refractivity contribution is 7.89. The second-order valence-corrected chi connectivity index (χ2v) is 10.6. The number of hydrogen-bond donors (Lipinski definition) is 1. The average Bonchev–Trinajstić information content (AvgIpc) is 3.05. The van der Waals surface area contributed by atoms with Gasteiger partial charge in [0.25, 0.3) is 0 Å². The Morgan fingerprint density at radius 3 is 2.17 bits per heavy atom. The van der Waals surface area contributed by atoms with E-state index in [4.69, 9.17) is 0 Å². The zero-order chi connectivity index (χ0) is 17.8. The molecule has 0 atom stereocenters. The predicted molar refractivity (Wildman–Crippen MR) is 94.8 cm³/mol. The molecule has 1 fully saturated rings. The van der Waals surface area contributed by atoms with E-state index in [1.807, 2.05) is 0 Å². The summed E-state index contributed by atoms with van der Waals surface area (Å²) in [7, 11) is -3.79. The summed E-state index contributed by atoms with van der Waals surface area (Å²) >= 11 is 0. The molecule has 0 bridgehead atoms. The van der Waals surface area contributed by atoms with E-state index in [2.05, 4.69) is 4.72 Å². The first-order valence-corrected chi connectivity index (χ1v) is 11.3. The maximum atomic E-state index is 12.1. The van der Waals surface area contributed by atoms with Crippen molar-refractivity contribution in [1.82, 2.24) is 9.03 Å². The van der Waals surface area contributed by atoms with Gasteiger partial charge in [0, 0.05) is 20.6 Å². The SMILES string of the molecule is CN(C)S(=O)(=O)c1ccc(CCS(=O)(=O)NCC2CCCC2)cc1. The second-order valence-electron chi connectivity index (χ2n) is 6.50. The van der Waals surface area contributed by atoms with Crippen LogP contribution in [0.2, 0.25) is 0 Å². The van der Waals surface area contributed by atoms with E-state index in [-0.39, 0.29) is 10.6 Å². The monoisotopic (exact) mass is 374 g/mol. The summed E-state index contributed by atoms with van der Waals surface area (Å²) in [6.45, 7) is 0.530. The summed E-state index contributed by atoms with van der Waals surface area (Å²) in [5, 5.41) is 0. The van der Waals surface area contributed by atoms with Crippen molar-refractivity contribution < 1.29 is 16.8 Å². The topological polar surface area (TPSA) is 83.6 Å². The minimum Gasteiger partial charge on any atom is -0.215 e. The quantitative estimate of drug-likeness (QED) is 0.749. The fourth-order valence-corrected chi connectivity index (χ4v) is 4.86. The first-order valence-electron chi connectivity index (χ1n) is 8.19. The van der Waals surface area contributed by atoms with Gasteiger partial charge in [-0.15, -0.1) is 0 Å². The Morgan fingerprint density at radius 1 is 1.04 bits per heavy atom. The molecule has 0 aliphatic heterocycles. The molecule has 6 nitrogen and oxygen atoms in total. The molecule has 1 aliphatic rings. The summed E-state index contributed by atoms with van der Waals surface area (Å²) in [6.07, 6.45) is 4.94. The molecule has 0 amide bonds. The highest BCUT2D eigenvalue weighted by Crippen LogP contribution is 2.23. The largest absolute Gasteiger partial charge is 0.242 e. The van der Waals surface area contributed by atoms with Crippen molar-refractivity contribution in [3.05, 3.63) is 29.8 Å². The summed E-state index contributed by atoms with van der Waals surface area (Å²) in [5.74, 6) is 0.481. The lowest BCUT2D eigenvalue weighted by Gasteiger charge is -2.12. The maximum absolute atomic E-state index is 12.1. The molecule has 0 unspecified atom stereocenters. The van der Waals surface area contributed by atoms with Crippen LogP contribution in [0.4, 0.5) is 0 Å². The molecule has 8 heteroatoms. The van der Waals surface area contributed by atoms with Gasteiger partial charge in [-0.05, 0) is 42.9 Å². The predicted octanol–water partition coefficient (Wildman–Crippen LogP) is 1.59. The normalized spacial score (nSPS) is 16.8. The minimum absolute atomic E-state index is 0.0134. The second kappa shape index (κ2) is 7.95. The smallest absolute Gasteiger partial charge is 0.215 e. The third kappa shape index (κ3) is 5.27. The number of aryl methyl sites for hydroxylation is 1. The molecule has 0 spiro atoms. The molecular weight excluding hydrogens is 348 g/mol. The highest BCUT2D eigenvalue weighted by atomic mass is 32.2. The van der Waals surface area contributed by atoms with Gasteiger partial charge in [-0.3, -0.25) is 0 Å². The molecule has 0 heterocycles. The van der Waals surface area contributed by atoms with Crippen LogP contribution in [0.15, 0.2) is 29.2 Å². The molecule has 1 N–H and O–H groups in total. The number of sulfonamides is 2. The van der Waals surface area contributed by atoms with Gasteiger partial charge in [0.05, 0.1) is 10.6 Å². The Morgan fingerprint density at radius 2 is 1.62 bits per heavy atom. The first-order chi connectivity index (χ1) is 11.2. The maximum Gasteiger partial charge on any atom is 0.242 e. The zero-order valence-corrected chi connectivity index (χ0v) is 15.9. The van der Waals surface area contributed by atoms with E-state index in [1.54, 1.807) is 12.1 Å². The molecule has 1 aromatic rings. The van der Waals surface area contributed by atoms with Crippen molar-refractivity contribution in [3.8, 4) is 0 Å². The molecular formula is C16H26N2O4S2. The van der Waals surface area contributed by atoms with Gasteiger partial charge in [-0.1, -0.05) is 25.0 Å². The van der Waals surface area contributed by atoms with Crippen LogP contribution in [0.5, 0.6) is 0 Å². The number of nitrogens with one attached hydrogen (secondary N) is 1. The fourth-order valence-electron chi connectivity index (χ4n) is 2.82. The van der Waals surface area contributed by atoms with Gasteiger partial charge in [-0.2, -0.15) is 0 Å². The van der Waals surface area contributed by atoms with Crippen LogP contribution < -0.4 is 4.72 Å². The van der Waals surface area contributed by atoms with Crippen LogP contribution in [0.25, 0.3) is 0 Å². The van der Waals surface area contributed by atoms with E-state index < -0.39 is 20.0 Å². The molecule has 1 aliphatic carbocycles. The van der Waals surface area contributed by atoms with Crippen LogP contribution in [-0.2, 0) is 26.5 Å². The Hall–Kier alpha value is -0.960. The molecule has 1 aromatic carbocycles. The Kier molecular flexibility index (Phi) is 6.41. The van der Waals surface area contributed by atoms with Crippen molar-refractivity contribution in [3.63, 3.8) is 0 Å². The van der Waals surface area contributed by atoms with Crippen molar-refractivity contribution in [2.24, 2.45) is 5.92 Å². The van der Waals surface area contributed by atoms with Gasteiger partial charge in [0.15, 0.2) is 0 Å². The zero-order valence-electron chi connectivity index (χ0n) is 14.2. The number of hydrogen-bond acceptors (Lipinski definition) is 4. The summed E-state index contributed by atoms with van der Waals surface area (Å²) in [6, 6.07) is 6.37. The number of benzene rings is 1. The van der Waals surface area contributed by atoms with Gasteiger partial charge >= 0.3 is 0 Å². The molecule has 1 saturated carbocycles. The van der Waals surface area contributed by atoms with Crippen LogP contribution in [0.1, 0.15) is 31.2 Å². The van der Waals surface area contributed by atoms with E-state index in [9.17, 15) is 16.8 Å². The first kappa shape index (κ1) is 19.4. The lowest BCUT2D eigenvalue weighted by atomic mass is 10.1. The van der Waals surface area contributed by atoms with E-state index in [1.165, 1.54) is 39.1 Å². The Labute approximate surface area is 145 Å². The number of nitrogens with zero attached hydrogens (tertiary/aromatic N) is 1. The van der Waals surface area contributed by atoms with Crippen molar-refractivity contribution in [2.45, 2.75) is 37.0 Å². The fraction of sp³-hybridized carbons (Fsp3) is 0.625. The summed E-state index contributed by atoms with van der Waals surface area (Å²) in [4.78, 5) is 0.207. The lowest BCUT2D eigenvalue weighted by molar-refractivity contribution is 0.519. The van der Waals surface area contributed by atoms with Gasteiger partial charge in [0.1, 0.15) is 0 Å². The Balaban J connectivity index is 1.89. The molecule has 2 rings (SSSR count). The molecule has 0 saturated heterocycles. The van der Waals surface area contributed by atoms with Crippen molar-refractivity contribution in [1.29, 1.82) is 0 Å². The van der Waals surface area contributed by atoms with E-state index in [0.717, 1.165) is 22.7 Å². The summed E-state index contributed by atoms with van der Waals surface area (Å²) < 4.78 is 52.0. The average molecular weight is 375 g/mol.